The van der Waals surface area contributed by atoms with Gasteiger partial charge in [0.1, 0.15) is 5.82 Å². The van der Waals surface area contributed by atoms with Crippen molar-refractivity contribution in [2.24, 2.45) is 0 Å². The molecule has 3 aromatic rings. The van der Waals surface area contributed by atoms with Crippen molar-refractivity contribution in [3.63, 3.8) is 0 Å². The number of benzene rings is 1. The van der Waals surface area contributed by atoms with Gasteiger partial charge in [-0.25, -0.2) is 9.97 Å². The van der Waals surface area contributed by atoms with E-state index in [1.54, 1.807) is 6.20 Å². The van der Waals surface area contributed by atoms with Gasteiger partial charge in [-0.15, -0.1) is 0 Å². The summed E-state index contributed by atoms with van der Waals surface area (Å²) in [6, 6.07) is 10.3. The fraction of sp³-hybridized carbons (Fsp3) is 0.143. The van der Waals surface area contributed by atoms with Crippen LogP contribution >= 0.6 is 0 Å². The topological polar surface area (TPSA) is 53.6 Å². The van der Waals surface area contributed by atoms with Crippen LogP contribution in [0.3, 0.4) is 0 Å². The summed E-state index contributed by atoms with van der Waals surface area (Å²) in [6.07, 6.45) is 2.85. The van der Waals surface area contributed by atoms with E-state index >= 15 is 0 Å². The van der Waals surface area contributed by atoms with E-state index in [-0.39, 0.29) is 0 Å². The molecule has 1 aromatic carbocycles. The molecule has 0 atom stereocenters. The molecule has 0 aliphatic carbocycles. The zero-order valence-electron chi connectivity index (χ0n) is 9.77. The number of fused-ring (bicyclic) bond motifs is 2. The number of H-pyrrole nitrogens is 1. The van der Waals surface area contributed by atoms with Gasteiger partial charge in [-0.2, -0.15) is 0 Å². The quantitative estimate of drug-likeness (QED) is 0.682. The molecule has 88 valence electrons. The van der Waals surface area contributed by atoms with Gasteiger partial charge in [0.05, 0.1) is 5.52 Å². The van der Waals surface area contributed by atoms with Gasteiger partial charge >= 0.3 is 0 Å². The Morgan fingerprint density at radius 3 is 3.11 bits per heavy atom. The highest BCUT2D eigenvalue weighted by Gasteiger charge is 2.12. The van der Waals surface area contributed by atoms with E-state index in [1.807, 2.05) is 12.1 Å². The first-order chi connectivity index (χ1) is 8.90. The van der Waals surface area contributed by atoms with Crippen LogP contribution in [-0.2, 0) is 6.42 Å². The summed E-state index contributed by atoms with van der Waals surface area (Å²) >= 11 is 0. The maximum atomic E-state index is 4.52. The SMILES string of the molecule is c1cnc2nc(-c3ccc4c(c3)CCN4)[nH]c2c1. The van der Waals surface area contributed by atoms with E-state index in [1.165, 1.54) is 11.3 Å². The first-order valence-corrected chi connectivity index (χ1v) is 6.08. The van der Waals surface area contributed by atoms with Crippen LogP contribution in [0.15, 0.2) is 36.5 Å². The number of pyridine rings is 1. The Kier molecular flexibility index (Phi) is 1.91. The Balaban J connectivity index is 1.86. The predicted molar refractivity (Wildman–Crippen MR) is 71.5 cm³/mol. The number of hydrogen-bond donors (Lipinski definition) is 2. The third-order valence-corrected chi connectivity index (χ3v) is 3.35. The van der Waals surface area contributed by atoms with Crippen LogP contribution in [0, 0.1) is 0 Å². The highest BCUT2D eigenvalue weighted by Crippen LogP contribution is 2.27. The molecule has 0 saturated heterocycles. The summed E-state index contributed by atoms with van der Waals surface area (Å²) in [7, 11) is 0. The van der Waals surface area contributed by atoms with Crippen molar-refractivity contribution < 1.29 is 0 Å². The smallest absolute Gasteiger partial charge is 0.178 e. The second-order valence-corrected chi connectivity index (χ2v) is 4.51. The molecule has 0 unspecified atom stereocenters. The number of anilines is 1. The van der Waals surface area contributed by atoms with Crippen molar-refractivity contribution in [1.29, 1.82) is 0 Å². The number of nitrogens with zero attached hydrogens (tertiary/aromatic N) is 2. The van der Waals surface area contributed by atoms with Crippen molar-refractivity contribution in [3.8, 4) is 11.4 Å². The number of aromatic amines is 1. The molecular weight excluding hydrogens is 224 g/mol. The van der Waals surface area contributed by atoms with E-state index in [0.717, 1.165) is 35.5 Å². The fourth-order valence-corrected chi connectivity index (χ4v) is 2.43. The summed E-state index contributed by atoms with van der Waals surface area (Å²) in [5.41, 5.74) is 5.47. The van der Waals surface area contributed by atoms with Crippen LogP contribution in [0.1, 0.15) is 5.56 Å². The molecule has 1 aliphatic rings. The zero-order valence-corrected chi connectivity index (χ0v) is 9.77. The Morgan fingerprint density at radius 2 is 2.17 bits per heavy atom. The van der Waals surface area contributed by atoms with Gasteiger partial charge < -0.3 is 10.3 Å². The molecule has 3 heterocycles. The van der Waals surface area contributed by atoms with Crippen molar-refractivity contribution in [2.45, 2.75) is 6.42 Å². The second-order valence-electron chi connectivity index (χ2n) is 4.51. The van der Waals surface area contributed by atoms with Gasteiger partial charge in [0.25, 0.3) is 0 Å². The molecular formula is C14H12N4. The standard InChI is InChI=1S/C14H12N4/c1-2-12-14(16-6-1)18-13(17-12)10-3-4-11-9(8-10)5-7-15-11/h1-4,6,8,15H,5,7H2,(H,16,17,18). The second kappa shape index (κ2) is 3.57. The minimum atomic E-state index is 0.770. The molecule has 18 heavy (non-hydrogen) atoms. The van der Waals surface area contributed by atoms with E-state index in [4.69, 9.17) is 0 Å². The van der Waals surface area contributed by atoms with Gasteiger partial charge in [0, 0.05) is 24.0 Å². The highest BCUT2D eigenvalue weighted by atomic mass is 15.0. The molecule has 4 rings (SSSR count). The van der Waals surface area contributed by atoms with Crippen molar-refractivity contribution in [1.82, 2.24) is 15.0 Å². The molecule has 4 nitrogen and oxygen atoms in total. The summed E-state index contributed by atoms with van der Waals surface area (Å²) in [5.74, 6) is 0.887. The number of aromatic nitrogens is 3. The van der Waals surface area contributed by atoms with E-state index in [9.17, 15) is 0 Å². The maximum absolute atomic E-state index is 4.52. The molecule has 0 amide bonds. The Bertz CT molecular complexity index is 696. The van der Waals surface area contributed by atoms with Crippen LogP contribution in [0.2, 0.25) is 0 Å². The lowest BCUT2D eigenvalue weighted by Crippen LogP contribution is -1.90. The monoisotopic (exact) mass is 236 g/mol. The molecule has 0 saturated carbocycles. The largest absolute Gasteiger partial charge is 0.384 e. The lowest BCUT2D eigenvalue weighted by molar-refractivity contribution is 1.11. The van der Waals surface area contributed by atoms with Crippen molar-refractivity contribution in [3.05, 3.63) is 42.1 Å². The van der Waals surface area contributed by atoms with Crippen LogP contribution in [-0.4, -0.2) is 21.5 Å². The maximum Gasteiger partial charge on any atom is 0.178 e. The molecule has 2 aromatic heterocycles. The van der Waals surface area contributed by atoms with Crippen molar-refractivity contribution in [2.75, 3.05) is 11.9 Å². The van der Waals surface area contributed by atoms with Gasteiger partial charge in [0.15, 0.2) is 5.65 Å². The number of nitrogens with one attached hydrogen (secondary N) is 2. The van der Waals surface area contributed by atoms with Gasteiger partial charge in [0.2, 0.25) is 0 Å². The Labute approximate surface area is 104 Å². The summed E-state index contributed by atoms with van der Waals surface area (Å²) in [4.78, 5) is 12.1. The van der Waals surface area contributed by atoms with E-state index in [0.29, 0.717) is 0 Å². The molecule has 0 spiro atoms. The van der Waals surface area contributed by atoms with Crippen LogP contribution in [0.25, 0.3) is 22.6 Å². The van der Waals surface area contributed by atoms with Crippen LogP contribution < -0.4 is 5.32 Å². The minimum Gasteiger partial charge on any atom is -0.384 e. The number of imidazole rings is 1. The first-order valence-electron chi connectivity index (χ1n) is 6.08. The average molecular weight is 236 g/mol. The highest BCUT2D eigenvalue weighted by molar-refractivity contribution is 5.76. The molecule has 0 bridgehead atoms. The van der Waals surface area contributed by atoms with Crippen molar-refractivity contribution >= 4 is 16.9 Å². The van der Waals surface area contributed by atoms with Crippen LogP contribution in [0.4, 0.5) is 5.69 Å². The first kappa shape index (κ1) is 9.65. The lowest BCUT2D eigenvalue weighted by atomic mass is 10.1. The molecule has 0 radical (unpaired) electrons. The molecule has 4 heteroatoms. The summed E-state index contributed by atoms with van der Waals surface area (Å²) in [5, 5.41) is 3.36. The van der Waals surface area contributed by atoms with Gasteiger partial charge in [-0.3, -0.25) is 0 Å². The zero-order chi connectivity index (χ0) is 11.9. The minimum absolute atomic E-state index is 0.770. The van der Waals surface area contributed by atoms with Gasteiger partial charge in [-0.05, 0) is 42.3 Å². The predicted octanol–water partition coefficient (Wildman–Crippen LogP) is 2.59. The summed E-state index contributed by atoms with van der Waals surface area (Å²) < 4.78 is 0. The molecule has 1 aliphatic heterocycles. The third kappa shape index (κ3) is 1.39. The third-order valence-electron chi connectivity index (χ3n) is 3.35. The fourth-order valence-electron chi connectivity index (χ4n) is 2.43. The summed E-state index contributed by atoms with van der Waals surface area (Å²) in [6.45, 7) is 1.03. The number of rotatable bonds is 1. The van der Waals surface area contributed by atoms with Gasteiger partial charge in [-0.1, -0.05) is 0 Å². The molecule has 2 N–H and O–H groups in total. The Hall–Kier alpha value is -2.36. The lowest BCUT2D eigenvalue weighted by Gasteiger charge is -2.01. The Morgan fingerprint density at radius 1 is 1.17 bits per heavy atom. The normalized spacial score (nSPS) is 13.6. The van der Waals surface area contributed by atoms with E-state index < -0.39 is 0 Å². The molecule has 0 fully saturated rings. The average Bonchev–Trinajstić information content (AvgIpc) is 3.04. The van der Waals surface area contributed by atoms with Crippen LogP contribution in [0.5, 0.6) is 0 Å². The number of hydrogen-bond acceptors (Lipinski definition) is 3. The van der Waals surface area contributed by atoms with E-state index in [2.05, 4.69) is 38.5 Å².